The first-order valence-corrected chi connectivity index (χ1v) is 3.49. The number of hydrogen-bond acceptors (Lipinski definition) is 1. The molecule has 13 heavy (non-hydrogen) atoms. The van der Waals surface area contributed by atoms with Crippen LogP contribution in [0.15, 0.2) is 24.3 Å². The Balaban J connectivity index is 3.03. The first-order chi connectivity index (χ1) is 6.13. The average molecular weight is 188 g/mol. The van der Waals surface area contributed by atoms with Crippen LogP contribution in [-0.2, 0) is 0 Å². The summed E-state index contributed by atoms with van der Waals surface area (Å²) in [5, 5.41) is 0. The number of halogens is 3. The van der Waals surface area contributed by atoms with Crippen molar-refractivity contribution in [1.82, 2.24) is 0 Å². The molecule has 0 fully saturated rings. The van der Waals surface area contributed by atoms with Crippen molar-refractivity contribution in [2.24, 2.45) is 0 Å². The van der Waals surface area contributed by atoms with Crippen molar-refractivity contribution >= 4 is 6.08 Å². The predicted molar refractivity (Wildman–Crippen MR) is 43.1 cm³/mol. The summed E-state index contributed by atoms with van der Waals surface area (Å²) in [5.41, 5.74) is 0.110. The maximum Gasteiger partial charge on any atom is 0.270 e. The molecule has 0 radical (unpaired) electrons. The Kier molecular flexibility index (Phi) is 2.95. The van der Waals surface area contributed by atoms with E-state index < -0.39 is 11.9 Å². The second kappa shape index (κ2) is 3.98. The van der Waals surface area contributed by atoms with Crippen molar-refractivity contribution in [2.75, 3.05) is 7.11 Å². The third kappa shape index (κ3) is 2.50. The summed E-state index contributed by atoms with van der Waals surface area (Å²) in [6, 6.07) is 3.63. The van der Waals surface area contributed by atoms with Gasteiger partial charge in [-0.2, -0.15) is 8.78 Å². The lowest BCUT2D eigenvalue weighted by Crippen LogP contribution is -1.87. The van der Waals surface area contributed by atoms with E-state index in [1.54, 1.807) is 0 Å². The second-order valence-corrected chi connectivity index (χ2v) is 2.33. The van der Waals surface area contributed by atoms with E-state index in [1.165, 1.54) is 19.2 Å². The third-order valence-corrected chi connectivity index (χ3v) is 1.45. The molecule has 1 nitrogen and oxygen atoms in total. The molecule has 0 aliphatic rings. The van der Waals surface area contributed by atoms with E-state index >= 15 is 0 Å². The fraction of sp³-hybridized carbons (Fsp3) is 0.111. The highest BCUT2D eigenvalue weighted by Crippen LogP contribution is 2.19. The van der Waals surface area contributed by atoms with Gasteiger partial charge in [0.2, 0.25) is 0 Å². The summed E-state index contributed by atoms with van der Waals surface area (Å²) in [5.74, 6) is -0.617. The molecule has 1 aromatic rings. The summed E-state index contributed by atoms with van der Waals surface area (Å²) in [6.07, 6.45) is -1.27. The van der Waals surface area contributed by atoms with Crippen LogP contribution in [0.4, 0.5) is 13.2 Å². The van der Waals surface area contributed by atoms with Gasteiger partial charge in [0.25, 0.3) is 6.08 Å². The molecule has 4 heteroatoms. The Bertz CT molecular complexity index is 330. The standard InChI is InChI=1S/C9H7F3O/c1-13-8-3-2-6(4-7(8)10)5-9(11)12/h2-5H,1H3. The van der Waals surface area contributed by atoms with E-state index in [9.17, 15) is 13.2 Å². The molecule has 0 aliphatic heterocycles. The van der Waals surface area contributed by atoms with Crippen molar-refractivity contribution in [1.29, 1.82) is 0 Å². The topological polar surface area (TPSA) is 9.23 Å². The van der Waals surface area contributed by atoms with Crippen LogP contribution < -0.4 is 4.74 Å². The summed E-state index contributed by atoms with van der Waals surface area (Å²) in [6.45, 7) is 0. The zero-order valence-electron chi connectivity index (χ0n) is 6.85. The SMILES string of the molecule is COc1ccc(C=C(F)F)cc1F. The third-order valence-electron chi connectivity index (χ3n) is 1.45. The summed E-state index contributed by atoms with van der Waals surface area (Å²) in [4.78, 5) is 0. The minimum Gasteiger partial charge on any atom is -0.494 e. The fourth-order valence-corrected chi connectivity index (χ4v) is 0.898. The van der Waals surface area contributed by atoms with Crippen molar-refractivity contribution < 1.29 is 17.9 Å². The van der Waals surface area contributed by atoms with Gasteiger partial charge in [0.05, 0.1) is 7.11 Å². The molecule has 0 atom stereocenters. The normalized spacial score (nSPS) is 9.54. The first kappa shape index (κ1) is 9.64. The molecule has 1 aromatic carbocycles. The van der Waals surface area contributed by atoms with Gasteiger partial charge in [0, 0.05) is 6.08 Å². The molecule has 0 saturated heterocycles. The van der Waals surface area contributed by atoms with Gasteiger partial charge in [-0.15, -0.1) is 0 Å². The highest BCUT2D eigenvalue weighted by atomic mass is 19.3. The van der Waals surface area contributed by atoms with Gasteiger partial charge in [-0.1, -0.05) is 6.07 Å². The molecule has 0 N–H and O–H groups in total. The number of rotatable bonds is 2. The molecule has 0 spiro atoms. The van der Waals surface area contributed by atoms with E-state index in [0.717, 1.165) is 6.07 Å². The molecule has 0 bridgehead atoms. The van der Waals surface area contributed by atoms with Gasteiger partial charge >= 0.3 is 0 Å². The summed E-state index contributed by atoms with van der Waals surface area (Å²) >= 11 is 0. The summed E-state index contributed by atoms with van der Waals surface area (Å²) < 4.78 is 41.0. The lowest BCUT2D eigenvalue weighted by atomic mass is 10.2. The van der Waals surface area contributed by atoms with E-state index in [4.69, 9.17) is 0 Å². The molecule has 0 amide bonds. The largest absolute Gasteiger partial charge is 0.494 e. The van der Waals surface area contributed by atoms with Crippen LogP contribution in [0, 0.1) is 5.82 Å². The monoisotopic (exact) mass is 188 g/mol. The highest BCUT2D eigenvalue weighted by Gasteiger charge is 2.02. The van der Waals surface area contributed by atoms with E-state index in [0.29, 0.717) is 6.08 Å². The fourth-order valence-electron chi connectivity index (χ4n) is 0.898. The molecule has 70 valence electrons. The van der Waals surface area contributed by atoms with Gasteiger partial charge in [-0.3, -0.25) is 0 Å². The van der Waals surface area contributed by atoms with E-state index in [-0.39, 0.29) is 11.3 Å². The first-order valence-electron chi connectivity index (χ1n) is 3.49. The minimum atomic E-state index is -1.86. The quantitative estimate of drug-likeness (QED) is 0.693. The maximum absolute atomic E-state index is 12.9. The summed E-state index contributed by atoms with van der Waals surface area (Å²) in [7, 11) is 1.31. The van der Waals surface area contributed by atoms with Crippen molar-refractivity contribution in [2.45, 2.75) is 0 Å². The van der Waals surface area contributed by atoms with Crippen molar-refractivity contribution in [3.05, 3.63) is 35.7 Å². The van der Waals surface area contributed by atoms with Crippen molar-refractivity contribution in [3.63, 3.8) is 0 Å². The highest BCUT2D eigenvalue weighted by molar-refractivity contribution is 5.51. The molecule has 1 rings (SSSR count). The molecule has 0 aliphatic carbocycles. The van der Waals surface area contributed by atoms with Gasteiger partial charge in [0.15, 0.2) is 11.6 Å². The van der Waals surface area contributed by atoms with Gasteiger partial charge in [-0.05, 0) is 17.7 Å². The lowest BCUT2D eigenvalue weighted by Gasteiger charge is -2.01. The van der Waals surface area contributed by atoms with Crippen LogP contribution in [0.5, 0.6) is 5.75 Å². The van der Waals surface area contributed by atoms with Gasteiger partial charge in [-0.25, -0.2) is 4.39 Å². The molecular weight excluding hydrogens is 181 g/mol. The Labute approximate surface area is 73.4 Å². The second-order valence-electron chi connectivity index (χ2n) is 2.33. The predicted octanol–water partition coefficient (Wildman–Crippen LogP) is 3.07. The van der Waals surface area contributed by atoms with Crippen LogP contribution in [0.25, 0.3) is 6.08 Å². The van der Waals surface area contributed by atoms with Crippen molar-refractivity contribution in [3.8, 4) is 5.75 Å². The molecule has 0 aromatic heterocycles. The zero-order chi connectivity index (χ0) is 9.84. The zero-order valence-corrected chi connectivity index (χ0v) is 6.85. The van der Waals surface area contributed by atoms with Crippen LogP contribution in [-0.4, -0.2) is 7.11 Å². The van der Waals surface area contributed by atoms with Gasteiger partial charge in [0.1, 0.15) is 0 Å². The Hall–Kier alpha value is -1.45. The van der Waals surface area contributed by atoms with Crippen LogP contribution in [0.2, 0.25) is 0 Å². The number of benzene rings is 1. The lowest BCUT2D eigenvalue weighted by molar-refractivity contribution is 0.386. The molecule has 0 heterocycles. The Morgan fingerprint density at radius 1 is 1.38 bits per heavy atom. The average Bonchev–Trinajstić information content (AvgIpc) is 2.03. The molecule has 0 unspecified atom stereocenters. The number of methoxy groups -OCH3 is 1. The van der Waals surface area contributed by atoms with E-state index in [2.05, 4.69) is 4.74 Å². The number of ether oxygens (including phenoxy) is 1. The Morgan fingerprint density at radius 3 is 2.54 bits per heavy atom. The van der Waals surface area contributed by atoms with Crippen LogP contribution >= 0.6 is 0 Å². The minimum absolute atomic E-state index is 0.0383. The molecule has 0 saturated carbocycles. The number of hydrogen-bond donors (Lipinski definition) is 0. The maximum atomic E-state index is 12.9. The van der Waals surface area contributed by atoms with Crippen LogP contribution in [0.3, 0.4) is 0 Å². The van der Waals surface area contributed by atoms with E-state index in [1.807, 2.05) is 0 Å². The molecular formula is C9H7F3O. The van der Waals surface area contributed by atoms with Gasteiger partial charge < -0.3 is 4.74 Å². The van der Waals surface area contributed by atoms with Crippen LogP contribution in [0.1, 0.15) is 5.56 Å². The Morgan fingerprint density at radius 2 is 2.08 bits per heavy atom. The smallest absolute Gasteiger partial charge is 0.270 e.